The van der Waals surface area contributed by atoms with Crippen LogP contribution in [-0.4, -0.2) is 33.0 Å². The Labute approximate surface area is 336 Å². The summed E-state index contributed by atoms with van der Waals surface area (Å²) in [5, 5.41) is 7.08. The number of ether oxygens (including phenoxy) is 5. The van der Waals surface area contributed by atoms with Crippen molar-refractivity contribution in [1.82, 2.24) is 0 Å². The van der Waals surface area contributed by atoms with E-state index in [1.807, 2.05) is 12.1 Å². The molecule has 0 heterocycles. The fourth-order valence-corrected chi connectivity index (χ4v) is 7.51. The van der Waals surface area contributed by atoms with Crippen LogP contribution in [0.15, 0.2) is 60.7 Å². The number of hydrogen-bond donors (Lipinski definition) is 0. The Hall–Kier alpha value is -3.83. The molecule has 0 saturated carbocycles. The van der Waals surface area contributed by atoms with Crippen molar-refractivity contribution in [3.63, 3.8) is 0 Å². The van der Waals surface area contributed by atoms with Crippen molar-refractivity contribution in [3.05, 3.63) is 65.7 Å². The van der Waals surface area contributed by atoms with Gasteiger partial charge >= 0.3 is 0 Å². The molecule has 55 heavy (non-hydrogen) atoms. The number of benzene rings is 5. The first-order valence-corrected chi connectivity index (χ1v) is 21.9. The Balaban J connectivity index is 1.87. The van der Waals surface area contributed by atoms with Crippen LogP contribution in [0.4, 0.5) is 0 Å². The standard InChI is InChI=1S/C49H65ClO5/c1-6-11-18-27-51-36-32-40(37-23-16-17-24-43(37)50)47-38-25-26-44(52-28-19-12-7-2)49(55-31-22-15-10-5)48(38)42-35-46(54-30-21-14-9-4)45(53-29-20-13-8-3)34-39(42)41(47)33-36/h16-17,23-26,32-35H,6-15,18-22,27-31H2,1-5H3. The van der Waals surface area contributed by atoms with Gasteiger partial charge < -0.3 is 23.7 Å². The lowest BCUT2D eigenvalue weighted by molar-refractivity contribution is 0.260. The van der Waals surface area contributed by atoms with Crippen molar-refractivity contribution in [2.75, 3.05) is 33.0 Å². The summed E-state index contributed by atoms with van der Waals surface area (Å²) in [6, 6.07) is 21.2. The van der Waals surface area contributed by atoms with Crippen molar-refractivity contribution < 1.29 is 23.7 Å². The molecule has 0 amide bonds. The second-order valence-corrected chi connectivity index (χ2v) is 15.2. The summed E-state index contributed by atoms with van der Waals surface area (Å²) in [6.45, 7) is 14.3. The average molecular weight is 770 g/mol. The van der Waals surface area contributed by atoms with Crippen LogP contribution in [0.3, 0.4) is 0 Å². The van der Waals surface area contributed by atoms with Gasteiger partial charge in [-0.05, 0) is 107 Å². The number of hydrogen-bond acceptors (Lipinski definition) is 5. The van der Waals surface area contributed by atoms with Gasteiger partial charge in [-0.2, -0.15) is 0 Å². The van der Waals surface area contributed by atoms with E-state index in [9.17, 15) is 0 Å². The Bertz CT molecular complexity index is 1930. The highest BCUT2D eigenvalue weighted by Gasteiger charge is 2.23. The van der Waals surface area contributed by atoms with Gasteiger partial charge in [-0.25, -0.2) is 0 Å². The summed E-state index contributed by atoms with van der Waals surface area (Å²) in [4.78, 5) is 0. The quantitative estimate of drug-likeness (QED) is 0.0414. The second-order valence-electron chi connectivity index (χ2n) is 14.8. The fraction of sp³-hybridized carbons (Fsp3) is 0.510. The van der Waals surface area contributed by atoms with E-state index in [1.54, 1.807) is 0 Å². The van der Waals surface area contributed by atoms with Crippen LogP contribution < -0.4 is 23.7 Å². The number of rotatable bonds is 26. The number of fused-ring (bicyclic) bond motifs is 6. The lowest BCUT2D eigenvalue weighted by Gasteiger charge is -2.22. The molecular weight excluding hydrogens is 704 g/mol. The summed E-state index contributed by atoms with van der Waals surface area (Å²) in [7, 11) is 0. The highest BCUT2D eigenvalue weighted by Crippen LogP contribution is 2.50. The van der Waals surface area contributed by atoms with Crippen LogP contribution in [0.25, 0.3) is 43.4 Å². The van der Waals surface area contributed by atoms with Crippen molar-refractivity contribution >= 4 is 43.9 Å². The highest BCUT2D eigenvalue weighted by molar-refractivity contribution is 6.35. The van der Waals surface area contributed by atoms with Crippen LogP contribution in [-0.2, 0) is 0 Å². The maximum absolute atomic E-state index is 7.04. The summed E-state index contributed by atoms with van der Waals surface area (Å²) in [6.07, 6.45) is 16.2. The molecule has 0 fully saturated rings. The van der Waals surface area contributed by atoms with Crippen LogP contribution in [0, 0.1) is 0 Å². The first kappa shape index (κ1) is 42.3. The Morgan fingerprint density at radius 2 is 0.891 bits per heavy atom. The van der Waals surface area contributed by atoms with Gasteiger partial charge in [0.1, 0.15) is 5.75 Å². The third-order valence-corrected chi connectivity index (χ3v) is 10.7. The maximum Gasteiger partial charge on any atom is 0.169 e. The van der Waals surface area contributed by atoms with Gasteiger partial charge in [0, 0.05) is 16.0 Å². The molecule has 0 spiro atoms. The van der Waals surface area contributed by atoms with E-state index in [2.05, 4.69) is 83.1 Å². The SMILES string of the molecule is CCCCCOc1cc(-c2ccccc2Cl)c2c(c1)c1cc(OCCCCC)c(OCCCCC)cc1c1c(OCCCCC)c(OCCCCC)ccc21. The molecule has 0 aromatic heterocycles. The van der Waals surface area contributed by atoms with E-state index in [-0.39, 0.29) is 0 Å². The molecule has 0 unspecified atom stereocenters. The summed E-state index contributed by atoms with van der Waals surface area (Å²) >= 11 is 7.04. The summed E-state index contributed by atoms with van der Waals surface area (Å²) in [5.41, 5.74) is 1.99. The zero-order valence-electron chi connectivity index (χ0n) is 34.3. The van der Waals surface area contributed by atoms with Gasteiger partial charge in [-0.1, -0.05) is 129 Å². The Morgan fingerprint density at radius 3 is 1.45 bits per heavy atom. The number of halogens is 1. The maximum atomic E-state index is 7.04. The minimum Gasteiger partial charge on any atom is -0.494 e. The molecule has 0 atom stereocenters. The summed E-state index contributed by atoms with van der Waals surface area (Å²) in [5.74, 6) is 3.94. The molecule has 5 nitrogen and oxygen atoms in total. The van der Waals surface area contributed by atoms with E-state index in [4.69, 9.17) is 35.3 Å². The van der Waals surface area contributed by atoms with Crippen LogP contribution in [0.5, 0.6) is 28.7 Å². The van der Waals surface area contributed by atoms with Crippen LogP contribution in [0.2, 0.25) is 5.02 Å². The van der Waals surface area contributed by atoms with Crippen molar-refractivity contribution in [3.8, 4) is 39.9 Å². The zero-order chi connectivity index (χ0) is 38.8. The van der Waals surface area contributed by atoms with Crippen molar-refractivity contribution in [1.29, 1.82) is 0 Å². The first-order valence-electron chi connectivity index (χ1n) is 21.5. The third-order valence-electron chi connectivity index (χ3n) is 10.3. The molecule has 0 saturated heterocycles. The zero-order valence-corrected chi connectivity index (χ0v) is 35.1. The topological polar surface area (TPSA) is 46.2 Å². The van der Waals surface area contributed by atoms with Crippen molar-refractivity contribution in [2.24, 2.45) is 0 Å². The monoisotopic (exact) mass is 768 g/mol. The molecule has 5 aromatic carbocycles. The molecule has 5 rings (SSSR count). The minimum atomic E-state index is 0.610. The van der Waals surface area contributed by atoms with Gasteiger partial charge in [0.05, 0.1) is 33.0 Å². The van der Waals surface area contributed by atoms with Gasteiger partial charge in [-0.15, -0.1) is 0 Å². The molecule has 0 radical (unpaired) electrons. The minimum absolute atomic E-state index is 0.610. The van der Waals surface area contributed by atoms with Gasteiger partial charge in [0.2, 0.25) is 0 Å². The lowest BCUT2D eigenvalue weighted by atomic mass is 9.88. The van der Waals surface area contributed by atoms with E-state index in [0.717, 1.165) is 169 Å². The Morgan fingerprint density at radius 1 is 0.400 bits per heavy atom. The predicted octanol–water partition coefficient (Wildman–Crippen LogP) is 15.3. The van der Waals surface area contributed by atoms with Crippen LogP contribution in [0.1, 0.15) is 131 Å². The Kier molecular flexibility index (Phi) is 17.4. The third kappa shape index (κ3) is 11.2. The van der Waals surface area contributed by atoms with E-state index >= 15 is 0 Å². The van der Waals surface area contributed by atoms with E-state index in [0.29, 0.717) is 38.1 Å². The molecule has 0 aliphatic heterocycles. The lowest BCUT2D eigenvalue weighted by Crippen LogP contribution is -2.05. The van der Waals surface area contributed by atoms with Crippen LogP contribution >= 0.6 is 11.6 Å². The van der Waals surface area contributed by atoms with Crippen molar-refractivity contribution in [2.45, 2.75) is 131 Å². The smallest absolute Gasteiger partial charge is 0.169 e. The molecule has 6 heteroatoms. The van der Waals surface area contributed by atoms with Gasteiger partial charge in [0.25, 0.3) is 0 Å². The van der Waals surface area contributed by atoms with Gasteiger partial charge in [-0.3, -0.25) is 0 Å². The average Bonchev–Trinajstić information content (AvgIpc) is 3.20. The van der Waals surface area contributed by atoms with E-state index < -0.39 is 0 Å². The second kappa shape index (κ2) is 22.7. The molecule has 0 aliphatic carbocycles. The molecule has 0 aliphatic rings. The van der Waals surface area contributed by atoms with E-state index in [1.165, 1.54) is 0 Å². The molecular formula is C49H65ClO5. The number of unbranched alkanes of at least 4 members (excludes halogenated alkanes) is 10. The molecule has 5 aromatic rings. The predicted molar refractivity (Wildman–Crippen MR) is 235 cm³/mol. The molecule has 0 bridgehead atoms. The first-order chi connectivity index (χ1) is 27.1. The normalized spacial score (nSPS) is 11.5. The fourth-order valence-electron chi connectivity index (χ4n) is 7.28. The molecule has 0 N–H and O–H groups in total. The highest BCUT2D eigenvalue weighted by atomic mass is 35.5. The summed E-state index contributed by atoms with van der Waals surface area (Å²) < 4.78 is 33.2. The van der Waals surface area contributed by atoms with Gasteiger partial charge in [0.15, 0.2) is 23.0 Å². The largest absolute Gasteiger partial charge is 0.494 e. The molecule has 298 valence electrons.